The Kier molecular flexibility index (Phi) is 9.13. The predicted molar refractivity (Wildman–Crippen MR) is 213 cm³/mol. The lowest BCUT2D eigenvalue weighted by Crippen LogP contribution is -2.13. The molecule has 7 aromatic rings. The lowest BCUT2D eigenvalue weighted by atomic mass is 9.89. The molecule has 2 heterocycles. The third-order valence-corrected chi connectivity index (χ3v) is 9.45. The van der Waals surface area contributed by atoms with E-state index < -0.39 is 0 Å². The minimum absolute atomic E-state index is 0.0492. The van der Waals surface area contributed by atoms with Crippen LogP contribution in [-0.4, -0.2) is 19.9 Å². The van der Waals surface area contributed by atoms with Crippen molar-refractivity contribution in [2.75, 3.05) is 0 Å². The summed E-state index contributed by atoms with van der Waals surface area (Å²) in [5, 5.41) is 0.689. The summed E-state index contributed by atoms with van der Waals surface area (Å²) in [6, 6.07) is 44.8. The molecule has 4 nitrogen and oxygen atoms in total. The first-order valence-corrected chi connectivity index (χ1v) is 17.7. The average molecular weight is 685 g/mol. The fraction of sp³-hybridized carbons (Fsp3) is 0.174. The van der Waals surface area contributed by atoms with Crippen molar-refractivity contribution in [3.05, 3.63) is 156 Å². The molecule has 0 spiro atoms. The topological polar surface area (TPSA) is 51.6 Å². The molecule has 0 atom stereocenters. The Morgan fingerprint density at radius 2 is 0.706 bits per heavy atom. The number of halogens is 1. The van der Waals surface area contributed by atoms with Crippen molar-refractivity contribution < 1.29 is 0 Å². The van der Waals surface area contributed by atoms with Gasteiger partial charge in [-0.3, -0.25) is 0 Å². The molecular weight excluding hydrogens is 644 g/mol. The van der Waals surface area contributed by atoms with Gasteiger partial charge < -0.3 is 0 Å². The third-order valence-electron chi connectivity index (χ3n) is 9.23. The quantitative estimate of drug-likeness (QED) is 0.175. The lowest BCUT2D eigenvalue weighted by molar-refractivity contribution is 0.567. The number of hydrogen-bond donors (Lipinski definition) is 0. The van der Waals surface area contributed by atoms with Gasteiger partial charge in [0.15, 0.2) is 0 Å². The van der Waals surface area contributed by atoms with E-state index in [9.17, 15) is 0 Å². The number of nitrogens with zero attached hydrogens (tertiary/aromatic N) is 4. The van der Waals surface area contributed by atoms with Crippen LogP contribution in [0.25, 0.3) is 67.0 Å². The Morgan fingerprint density at radius 1 is 0.373 bits per heavy atom. The van der Waals surface area contributed by atoms with E-state index in [0.29, 0.717) is 5.02 Å². The van der Waals surface area contributed by atoms with Gasteiger partial charge in [-0.2, -0.15) is 0 Å². The molecule has 5 aromatic carbocycles. The fourth-order valence-corrected chi connectivity index (χ4v) is 6.60. The van der Waals surface area contributed by atoms with Gasteiger partial charge in [0.1, 0.15) is 12.7 Å². The number of rotatable bonds is 6. The van der Waals surface area contributed by atoms with Crippen LogP contribution >= 0.6 is 11.6 Å². The molecule has 0 bridgehead atoms. The highest BCUT2D eigenvalue weighted by molar-refractivity contribution is 6.31. The van der Waals surface area contributed by atoms with Crippen LogP contribution in [-0.2, 0) is 10.8 Å². The average Bonchev–Trinajstić information content (AvgIpc) is 3.14. The molecule has 0 N–H and O–H groups in total. The maximum absolute atomic E-state index is 6.89. The Hall–Kier alpha value is -5.45. The monoisotopic (exact) mass is 684 g/mol. The Morgan fingerprint density at radius 3 is 1.06 bits per heavy atom. The smallest absolute Gasteiger partial charge is 0.116 e. The summed E-state index contributed by atoms with van der Waals surface area (Å²) >= 11 is 6.89. The number of benzene rings is 5. The van der Waals surface area contributed by atoms with Crippen LogP contribution in [0.5, 0.6) is 0 Å². The largest absolute Gasteiger partial charge is 0.241 e. The molecule has 0 radical (unpaired) electrons. The van der Waals surface area contributed by atoms with Crippen LogP contribution in [0, 0.1) is 0 Å². The molecule has 0 unspecified atom stereocenters. The summed E-state index contributed by atoms with van der Waals surface area (Å²) in [5.74, 6) is 0. The molecule has 0 saturated carbocycles. The van der Waals surface area contributed by atoms with Gasteiger partial charge >= 0.3 is 0 Å². The molecule has 0 aliphatic heterocycles. The minimum atomic E-state index is -0.0492. The lowest BCUT2D eigenvalue weighted by Gasteiger charge is -2.18. The summed E-state index contributed by atoms with van der Waals surface area (Å²) in [6.07, 6.45) is 3.32. The van der Waals surface area contributed by atoms with E-state index in [2.05, 4.69) is 189 Å². The third kappa shape index (κ3) is 7.38. The molecule has 0 saturated heterocycles. The van der Waals surface area contributed by atoms with E-state index in [-0.39, 0.29) is 10.8 Å². The summed E-state index contributed by atoms with van der Waals surface area (Å²) in [6.45, 7) is 13.0. The van der Waals surface area contributed by atoms with Crippen LogP contribution in [0.1, 0.15) is 52.9 Å². The molecule has 5 heteroatoms. The second-order valence-electron chi connectivity index (χ2n) is 15.1. The van der Waals surface area contributed by atoms with Gasteiger partial charge in [0.05, 0.1) is 11.4 Å². The standard InChI is InChI=1S/C46H41ClN4/c1-45(2,3)43-26-41(48-28-50-43)32-19-15-30(16-20-32)37-11-7-9-13-39(37)34-23-35(25-36(47)24-34)40-14-10-8-12-38(40)31-17-21-33(22-18-31)42-27-44(46(4,5)6)51-29-49-42/h7-29H,1-6H3. The minimum Gasteiger partial charge on any atom is -0.241 e. The van der Waals surface area contributed by atoms with Crippen LogP contribution in [0.4, 0.5) is 0 Å². The Balaban J connectivity index is 1.22. The Bertz CT molecular complexity index is 2170. The summed E-state index contributed by atoms with van der Waals surface area (Å²) in [4.78, 5) is 18.1. The summed E-state index contributed by atoms with van der Waals surface area (Å²) in [5.41, 5.74) is 14.8. The van der Waals surface area contributed by atoms with Gasteiger partial charge in [-0.05, 0) is 74.8 Å². The summed E-state index contributed by atoms with van der Waals surface area (Å²) in [7, 11) is 0. The molecule has 0 fully saturated rings. The first-order chi connectivity index (χ1) is 24.4. The maximum atomic E-state index is 6.89. The molecule has 0 aliphatic rings. The highest BCUT2D eigenvalue weighted by atomic mass is 35.5. The van der Waals surface area contributed by atoms with E-state index in [4.69, 9.17) is 11.6 Å². The van der Waals surface area contributed by atoms with Crippen molar-refractivity contribution >= 4 is 11.6 Å². The highest BCUT2D eigenvalue weighted by Crippen LogP contribution is 2.40. The molecule has 7 rings (SSSR count). The zero-order valence-corrected chi connectivity index (χ0v) is 30.7. The van der Waals surface area contributed by atoms with Crippen molar-refractivity contribution in [3.63, 3.8) is 0 Å². The van der Waals surface area contributed by atoms with Crippen molar-refractivity contribution in [1.82, 2.24) is 19.9 Å². The van der Waals surface area contributed by atoms with Crippen LogP contribution in [0.15, 0.2) is 140 Å². The first kappa shape index (κ1) is 34.0. The molecular formula is C46H41ClN4. The van der Waals surface area contributed by atoms with Gasteiger partial charge in [0.25, 0.3) is 0 Å². The highest BCUT2D eigenvalue weighted by Gasteiger charge is 2.18. The predicted octanol–water partition coefficient (Wildman–Crippen LogP) is 12.5. The zero-order chi connectivity index (χ0) is 35.8. The van der Waals surface area contributed by atoms with E-state index >= 15 is 0 Å². The molecule has 0 aliphatic carbocycles. The van der Waals surface area contributed by atoms with Gasteiger partial charge in [0, 0.05) is 38.4 Å². The molecule has 0 amide bonds. The SMILES string of the molecule is CC(C)(C)c1cc(-c2ccc(-c3ccccc3-c3cc(Cl)cc(-c4ccccc4-c4ccc(-c5cc(C(C)(C)C)ncn5)cc4)c3)cc2)ncn1. The summed E-state index contributed by atoms with van der Waals surface area (Å²) < 4.78 is 0. The normalized spacial score (nSPS) is 11.8. The second kappa shape index (κ2) is 13.7. The van der Waals surface area contributed by atoms with Gasteiger partial charge in [-0.15, -0.1) is 0 Å². The van der Waals surface area contributed by atoms with Crippen LogP contribution in [0.3, 0.4) is 0 Å². The van der Waals surface area contributed by atoms with Gasteiger partial charge in [0.2, 0.25) is 0 Å². The van der Waals surface area contributed by atoms with E-state index in [1.165, 1.54) is 0 Å². The van der Waals surface area contributed by atoms with Gasteiger partial charge in [-0.25, -0.2) is 19.9 Å². The van der Waals surface area contributed by atoms with E-state index in [0.717, 1.165) is 78.4 Å². The van der Waals surface area contributed by atoms with Crippen molar-refractivity contribution in [2.45, 2.75) is 52.4 Å². The Labute approximate surface area is 306 Å². The van der Waals surface area contributed by atoms with Crippen LogP contribution in [0.2, 0.25) is 5.02 Å². The van der Waals surface area contributed by atoms with E-state index in [1.807, 2.05) is 0 Å². The van der Waals surface area contributed by atoms with Crippen molar-refractivity contribution in [3.8, 4) is 67.0 Å². The van der Waals surface area contributed by atoms with Gasteiger partial charge in [-0.1, -0.05) is 150 Å². The number of hydrogen-bond acceptors (Lipinski definition) is 4. The molecule has 51 heavy (non-hydrogen) atoms. The van der Waals surface area contributed by atoms with Crippen molar-refractivity contribution in [1.29, 1.82) is 0 Å². The molecule has 252 valence electrons. The second-order valence-corrected chi connectivity index (χ2v) is 15.5. The zero-order valence-electron chi connectivity index (χ0n) is 29.9. The molecule has 2 aromatic heterocycles. The number of aromatic nitrogens is 4. The van der Waals surface area contributed by atoms with Crippen LogP contribution < -0.4 is 0 Å². The first-order valence-electron chi connectivity index (χ1n) is 17.3. The van der Waals surface area contributed by atoms with Crippen molar-refractivity contribution in [2.24, 2.45) is 0 Å². The maximum Gasteiger partial charge on any atom is 0.116 e. The fourth-order valence-electron chi connectivity index (χ4n) is 6.37. The van der Waals surface area contributed by atoms with E-state index in [1.54, 1.807) is 12.7 Å².